The summed E-state index contributed by atoms with van der Waals surface area (Å²) in [6.45, 7) is 2.36. The van der Waals surface area contributed by atoms with Crippen molar-refractivity contribution in [2.75, 3.05) is 32.8 Å². The third-order valence-electron chi connectivity index (χ3n) is 10.0. The van der Waals surface area contributed by atoms with Gasteiger partial charge in [-0.25, -0.2) is 0 Å². The standard InChI is InChI=1S/C46H41N6O2/c1-52-31-40-25-38(29-48-50-46(35-20-12-6-13-21-35)36-22-14-7-15-23-36)43(53-2)26-41(40)51(32-52)30-39-24-37(44(54-3)27-42(39)52)28-47-49-45(33-16-8-4-9-17-33)34-18-10-5-11-19-34/h4-29H,30-32H2,1-3H3/q+1/b47-28+,48-29+. The Morgan fingerprint density at radius 2 is 1.00 bits per heavy atom. The number of methoxy groups -OCH3 is 2. The van der Waals surface area contributed by atoms with Gasteiger partial charge in [0, 0.05) is 56.6 Å². The molecular formula is C46H41N6O2+. The van der Waals surface area contributed by atoms with Gasteiger partial charge in [0.25, 0.3) is 0 Å². The number of ether oxygens (including phenoxy) is 2. The number of benzene rings is 6. The molecular weight excluding hydrogens is 669 g/mol. The summed E-state index contributed by atoms with van der Waals surface area (Å²) in [4.78, 5) is 2.43. The third kappa shape index (κ3) is 6.95. The van der Waals surface area contributed by atoms with Crippen LogP contribution in [-0.4, -0.2) is 51.8 Å². The summed E-state index contributed by atoms with van der Waals surface area (Å²) in [5.41, 5.74) is 12.2. The quantitative estimate of drug-likeness (QED) is 0.0811. The molecule has 1 unspecified atom stereocenters. The number of fused-ring (bicyclic) bond motifs is 6. The molecule has 2 aliphatic heterocycles. The van der Waals surface area contributed by atoms with Crippen molar-refractivity contribution in [2.45, 2.75) is 13.1 Å². The van der Waals surface area contributed by atoms with Crippen LogP contribution >= 0.6 is 0 Å². The molecule has 0 saturated carbocycles. The SMILES string of the molecule is COc1cc2c(cc1/C=N/N=C(c1ccccc1)c1ccccc1)C[N+]1(C)CN2Cc2cc(/C=N/N=C(c3ccccc3)c3ccccc3)c(OC)cc21. The van der Waals surface area contributed by atoms with Crippen LogP contribution in [0.15, 0.2) is 166 Å². The van der Waals surface area contributed by atoms with Crippen molar-refractivity contribution in [1.82, 2.24) is 4.48 Å². The van der Waals surface area contributed by atoms with Crippen molar-refractivity contribution in [1.29, 1.82) is 0 Å². The molecule has 2 bridgehead atoms. The molecule has 1 atom stereocenters. The topological polar surface area (TPSA) is 71.1 Å². The molecule has 0 amide bonds. The number of hydrogen-bond acceptors (Lipinski definition) is 7. The van der Waals surface area contributed by atoms with E-state index in [0.29, 0.717) is 4.48 Å². The van der Waals surface area contributed by atoms with Gasteiger partial charge in [-0.1, -0.05) is 121 Å². The smallest absolute Gasteiger partial charge is 0.159 e. The highest BCUT2D eigenvalue weighted by molar-refractivity contribution is 6.13. The summed E-state index contributed by atoms with van der Waals surface area (Å²) >= 11 is 0. The Morgan fingerprint density at radius 3 is 1.44 bits per heavy atom. The lowest BCUT2D eigenvalue weighted by atomic mass is 9.96. The lowest BCUT2D eigenvalue weighted by Gasteiger charge is -2.48. The molecule has 266 valence electrons. The van der Waals surface area contributed by atoms with Crippen molar-refractivity contribution in [3.8, 4) is 11.5 Å². The highest BCUT2D eigenvalue weighted by Gasteiger charge is 2.42. The molecule has 8 rings (SSSR count). The summed E-state index contributed by atoms with van der Waals surface area (Å²) in [7, 11) is 5.70. The van der Waals surface area contributed by atoms with Gasteiger partial charge in [-0.15, -0.1) is 10.2 Å². The fourth-order valence-corrected chi connectivity index (χ4v) is 7.50. The molecule has 8 nitrogen and oxygen atoms in total. The van der Waals surface area contributed by atoms with Crippen LogP contribution in [0.25, 0.3) is 0 Å². The van der Waals surface area contributed by atoms with Crippen LogP contribution in [-0.2, 0) is 13.1 Å². The molecule has 0 saturated heterocycles. The number of quaternary nitrogens is 1. The number of rotatable bonds is 10. The maximum atomic E-state index is 5.96. The van der Waals surface area contributed by atoms with Crippen molar-refractivity contribution >= 4 is 35.2 Å². The molecule has 8 heteroatoms. The Kier molecular flexibility index (Phi) is 9.66. The molecule has 6 aromatic rings. The number of anilines is 1. The van der Waals surface area contributed by atoms with Crippen LogP contribution < -0.4 is 18.9 Å². The Bertz CT molecular complexity index is 2310. The second kappa shape index (κ2) is 15.1. The van der Waals surface area contributed by atoms with Gasteiger partial charge in [0.2, 0.25) is 0 Å². The summed E-state index contributed by atoms with van der Waals surface area (Å²) < 4.78 is 12.6. The van der Waals surface area contributed by atoms with E-state index in [4.69, 9.17) is 19.7 Å². The first-order valence-electron chi connectivity index (χ1n) is 18.0. The zero-order chi connectivity index (χ0) is 36.9. The largest absolute Gasteiger partial charge is 0.496 e. The first kappa shape index (κ1) is 34.4. The first-order valence-corrected chi connectivity index (χ1v) is 18.0. The Morgan fingerprint density at radius 1 is 0.574 bits per heavy atom. The molecule has 0 radical (unpaired) electrons. The van der Waals surface area contributed by atoms with E-state index >= 15 is 0 Å². The second-order valence-corrected chi connectivity index (χ2v) is 13.7. The first-order chi connectivity index (χ1) is 26.5. The van der Waals surface area contributed by atoms with E-state index in [9.17, 15) is 0 Å². The number of hydrogen-bond donors (Lipinski definition) is 0. The summed E-state index contributed by atoms with van der Waals surface area (Å²) in [6, 6.07) is 49.3. The Labute approximate surface area is 316 Å². The van der Waals surface area contributed by atoms with Crippen LogP contribution in [0.1, 0.15) is 44.5 Å². The fraction of sp³-hybridized carbons (Fsp3) is 0.130. The van der Waals surface area contributed by atoms with Crippen molar-refractivity contribution < 1.29 is 9.47 Å². The molecule has 54 heavy (non-hydrogen) atoms. The summed E-state index contributed by atoms with van der Waals surface area (Å²) in [6.07, 6.45) is 3.60. The molecule has 6 aromatic carbocycles. The maximum absolute atomic E-state index is 5.96. The van der Waals surface area contributed by atoms with E-state index in [1.54, 1.807) is 26.6 Å². The van der Waals surface area contributed by atoms with Crippen LogP contribution in [0.3, 0.4) is 0 Å². The molecule has 0 N–H and O–H groups in total. The molecule has 2 aliphatic rings. The van der Waals surface area contributed by atoms with Crippen LogP contribution in [0, 0.1) is 0 Å². The van der Waals surface area contributed by atoms with E-state index in [1.807, 2.05) is 72.8 Å². The van der Waals surface area contributed by atoms with Gasteiger partial charge in [-0.2, -0.15) is 10.2 Å². The van der Waals surface area contributed by atoms with E-state index in [1.165, 1.54) is 16.8 Å². The lowest BCUT2D eigenvalue weighted by Crippen LogP contribution is -2.58. The van der Waals surface area contributed by atoms with Crippen molar-refractivity contribution in [2.24, 2.45) is 20.4 Å². The zero-order valence-electron chi connectivity index (χ0n) is 30.6. The average molecular weight is 710 g/mol. The van der Waals surface area contributed by atoms with E-state index in [0.717, 1.165) is 81.7 Å². The van der Waals surface area contributed by atoms with Crippen LogP contribution in [0.5, 0.6) is 11.5 Å². The summed E-state index contributed by atoms with van der Waals surface area (Å²) in [5.74, 6) is 1.52. The minimum Gasteiger partial charge on any atom is -0.496 e. The molecule has 0 fully saturated rings. The predicted molar refractivity (Wildman–Crippen MR) is 221 cm³/mol. The van der Waals surface area contributed by atoms with Gasteiger partial charge in [0.15, 0.2) is 6.67 Å². The highest BCUT2D eigenvalue weighted by Crippen LogP contribution is 2.45. The van der Waals surface area contributed by atoms with Crippen LogP contribution in [0.2, 0.25) is 0 Å². The van der Waals surface area contributed by atoms with Gasteiger partial charge in [-0.05, 0) is 12.1 Å². The molecule has 2 heterocycles. The normalized spacial score (nSPS) is 15.7. The van der Waals surface area contributed by atoms with E-state index < -0.39 is 0 Å². The van der Waals surface area contributed by atoms with Gasteiger partial charge in [0.05, 0.1) is 45.9 Å². The predicted octanol–water partition coefficient (Wildman–Crippen LogP) is 8.88. The Balaban J connectivity index is 1.10. The molecule has 0 spiro atoms. The van der Waals surface area contributed by atoms with Gasteiger partial charge < -0.3 is 14.4 Å². The minimum absolute atomic E-state index is 0.702. The average Bonchev–Trinajstić information content (AvgIpc) is 3.22. The fourth-order valence-electron chi connectivity index (χ4n) is 7.50. The second-order valence-electron chi connectivity index (χ2n) is 13.7. The number of nitrogens with zero attached hydrogens (tertiary/aromatic N) is 6. The van der Waals surface area contributed by atoms with E-state index in [2.05, 4.69) is 94.9 Å². The van der Waals surface area contributed by atoms with Gasteiger partial charge in [0.1, 0.15) is 35.2 Å². The van der Waals surface area contributed by atoms with Gasteiger partial charge in [-0.3, -0.25) is 4.48 Å². The molecule has 0 aromatic heterocycles. The Hall–Kier alpha value is -6.64. The maximum Gasteiger partial charge on any atom is 0.159 e. The van der Waals surface area contributed by atoms with Crippen LogP contribution in [0.4, 0.5) is 11.4 Å². The lowest BCUT2D eigenvalue weighted by molar-refractivity contribution is 0.285. The monoisotopic (exact) mass is 709 g/mol. The third-order valence-corrected chi connectivity index (χ3v) is 10.0. The van der Waals surface area contributed by atoms with Gasteiger partial charge >= 0.3 is 0 Å². The van der Waals surface area contributed by atoms with Crippen molar-refractivity contribution in [3.05, 3.63) is 190 Å². The molecule has 0 aliphatic carbocycles. The zero-order valence-corrected chi connectivity index (χ0v) is 30.6. The van der Waals surface area contributed by atoms with E-state index in [-0.39, 0.29) is 0 Å². The minimum atomic E-state index is 0.702. The highest BCUT2D eigenvalue weighted by atomic mass is 16.5. The van der Waals surface area contributed by atoms with Crippen molar-refractivity contribution in [3.63, 3.8) is 0 Å². The summed E-state index contributed by atoms with van der Waals surface area (Å²) in [5, 5.41) is 18.7.